The van der Waals surface area contributed by atoms with Crippen molar-refractivity contribution in [2.45, 2.75) is 18.2 Å². The van der Waals surface area contributed by atoms with Gasteiger partial charge in [-0.2, -0.15) is 0 Å². The molecule has 0 amide bonds. The first-order chi connectivity index (χ1) is 8.99. The van der Waals surface area contributed by atoms with Gasteiger partial charge in [-0.3, -0.25) is 4.98 Å². The van der Waals surface area contributed by atoms with E-state index < -0.39 is 17.5 Å². The maximum absolute atomic E-state index is 13.2. The molecule has 0 aliphatic carbocycles. The molecule has 1 aromatic heterocycles. The van der Waals surface area contributed by atoms with Gasteiger partial charge in [-0.25, -0.2) is 13.2 Å². The van der Waals surface area contributed by atoms with Gasteiger partial charge in [0.25, 0.3) is 0 Å². The van der Waals surface area contributed by atoms with Crippen molar-refractivity contribution in [3.8, 4) is 0 Å². The molecule has 0 aliphatic heterocycles. The summed E-state index contributed by atoms with van der Waals surface area (Å²) in [5.41, 5.74) is 2.17. The summed E-state index contributed by atoms with van der Waals surface area (Å²) in [5.74, 6) is -3.81. The third kappa shape index (κ3) is 3.15. The molecule has 0 radical (unpaired) electrons. The summed E-state index contributed by atoms with van der Waals surface area (Å²) in [4.78, 5) is 3.89. The van der Waals surface area contributed by atoms with Gasteiger partial charge in [0.2, 0.25) is 0 Å². The minimum Gasteiger partial charge on any atom is -0.261 e. The lowest BCUT2D eigenvalue weighted by atomic mass is 10.0. The molecule has 19 heavy (non-hydrogen) atoms. The summed E-state index contributed by atoms with van der Waals surface area (Å²) in [7, 11) is 0. The number of hydrogen-bond donors (Lipinski definition) is 0. The van der Waals surface area contributed by atoms with E-state index >= 15 is 0 Å². The number of rotatable bonds is 3. The molecule has 100 valence electrons. The van der Waals surface area contributed by atoms with Crippen LogP contribution < -0.4 is 0 Å². The second kappa shape index (κ2) is 5.74. The fraction of sp³-hybridized carbons (Fsp3) is 0.214. The Balaban J connectivity index is 2.26. The SMILES string of the molecule is Cc1cccnc1CC(Br)c1cc(F)c(F)c(F)c1. The van der Waals surface area contributed by atoms with Gasteiger partial charge in [-0.1, -0.05) is 22.0 Å². The Bertz CT molecular complexity index is 578. The van der Waals surface area contributed by atoms with E-state index in [0.717, 1.165) is 23.4 Å². The summed E-state index contributed by atoms with van der Waals surface area (Å²) < 4.78 is 39.2. The summed E-state index contributed by atoms with van der Waals surface area (Å²) in [6, 6.07) is 5.72. The van der Waals surface area contributed by atoms with Crippen LogP contribution in [0.4, 0.5) is 13.2 Å². The van der Waals surface area contributed by atoms with E-state index in [0.29, 0.717) is 12.0 Å². The first-order valence-electron chi connectivity index (χ1n) is 5.68. The van der Waals surface area contributed by atoms with Crippen LogP contribution in [-0.2, 0) is 6.42 Å². The highest BCUT2D eigenvalue weighted by atomic mass is 79.9. The fourth-order valence-electron chi connectivity index (χ4n) is 1.78. The molecule has 2 aromatic rings. The zero-order chi connectivity index (χ0) is 14.0. The van der Waals surface area contributed by atoms with Gasteiger partial charge in [-0.05, 0) is 36.2 Å². The highest BCUT2D eigenvalue weighted by Gasteiger charge is 2.16. The number of hydrogen-bond acceptors (Lipinski definition) is 1. The monoisotopic (exact) mass is 329 g/mol. The molecule has 5 heteroatoms. The van der Waals surface area contributed by atoms with Crippen molar-refractivity contribution in [3.63, 3.8) is 0 Å². The van der Waals surface area contributed by atoms with E-state index in [9.17, 15) is 13.2 Å². The first-order valence-corrected chi connectivity index (χ1v) is 6.59. The lowest BCUT2D eigenvalue weighted by molar-refractivity contribution is 0.445. The molecule has 0 fully saturated rings. The van der Waals surface area contributed by atoms with Crippen LogP contribution in [0.5, 0.6) is 0 Å². The van der Waals surface area contributed by atoms with Crippen LogP contribution in [0.25, 0.3) is 0 Å². The number of halogens is 4. The van der Waals surface area contributed by atoms with Gasteiger partial charge in [-0.15, -0.1) is 0 Å². The number of aromatic nitrogens is 1. The summed E-state index contributed by atoms with van der Waals surface area (Å²) >= 11 is 3.35. The molecule has 0 spiro atoms. The lowest BCUT2D eigenvalue weighted by Crippen LogP contribution is -2.02. The molecule has 0 saturated carbocycles. The van der Waals surface area contributed by atoms with Crippen molar-refractivity contribution in [1.29, 1.82) is 0 Å². The molecule has 0 bridgehead atoms. The minimum absolute atomic E-state index is 0.328. The topological polar surface area (TPSA) is 12.9 Å². The fourth-order valence-corrected chi connectivity index (χ4v) is 2.35. The van der Waals surface area contributed by atoms with Crippen LogP contribution in [-0.4, -0.2) is 4.98 Å². The molecule has 1 unspecified atom stereocenters. The Morgan fingerprint density at radius 3 is 2.42 bits per heavy atom. The van der Waals surface area contributed by atoms with E-state index in [1.165, 1.54) is 0 Å². The summed E-state index contributed by atoms with van der Waals surface area (Å²) in [5, 5.41) is 0. The highest BCUT2D eigenvalue weighted by molar-refractivity contribution is 9.09. The predicted octanol–water partition coefficient (Wildman–Crippen LogP) is 4.49. The molecule has 0 aliphatic rings. The number of benzene rings is 1. The quantitative estimate of drug-likeness (QED) is 0.597. The average molecular weight is 330 g/mol. The number of alkyl halides is 1. The average Bonchev–Trinajstić information content (AvgIpc) is 2.38. The van der Waals surface area contributed by atoms with E-state index in [1.54, 1.807) is 6.20 Å². The second-order valence-corrected chi connectivity index (χ2v) is 5.34. The Morgan fingerprint density at radius 1 is 1.21 bits per heavy atom. The molecule has 1 heterocycles. The minimum atomic E-state index is -1.45. The lowest BCUT2D eigenvalue weighted by Gasteiger charge is -2.12. The maximum Gasteiger partial charge on any atom is 0.194 e. The normalized spacial score (nSPS) is 12.5. The van der Waals surface area contributed by atoms with E-state index in [2.05, 4.69) is 20.9 Å². The summed E-state index contributed by atoms with van der Waals surface area (Å²) in [6.07, 6.45) is 2.13. The molecule has 0 saturated heterocycles. The molecule has 0 N–H and O–H groups in total. The van der Waals surface area contributed by atoms with Crippen LogP contribution in [0.3, 0.4) is 0 Å². The molecular weight excluding hydrogens is 319 g/mol. The number of nitrogens with zero attached hydrogens (tertiary/aromatic N) is 1. The van der Waals surface area contributed by atoms with Gasteiger partial charge in [0.05, 0.1) is 0 Å². The van der Waals surface area contributed by atoms with Crippen LogP contribution in [0.15, 0.2) is 30.5 Å². The molecule has 1 aromatic carbocycles. The Hall–Kier alpha value is -1.36. The van der Waals surface area contributed by atoms with Gasteiger partial charge in [0.1, 0.15) is 0 Å². The molecule has 1 atom stereocenters. The van der Waals surface area contributed by atoms with Crippen molar-refractivity contribution in [2.24, 2.45) is 0 Å². The zero-order valence-corrected chi connectivity index (χ0v) is 11.7. The van der Waals surface area contributed by atoms with E-state index in [4.69, 9.17) is 0 Å². The van der Waals surface area contributed by atoms with Gasteiger partial charge < -0.3 is 0 Å². The molecular formula is C14H11BrF3N. The smallest absolute Gasteiger partial charge is 0.194 e. The van der Waals surface area contributed by atoms with Crippen LogP contribution in [0.1, 0.15) is 21.6 Å². The first kappa shape index (κ1) is 14.1. The Morgan fingerprint density at radius 2 is 1.84 bits per heavy atom. The van der Waals surface area contributed by atoms with Gasteiger partial charge in [0, 0.05) is 23.1 Å². The predicted molar refractivity (Wildman–Crippen MR) is 70.7 cm³/mol. The Kier molecular flexibility index (Phi) is 4.24. The van der Waals surface area contributed by atoms with Gasteiger partial charge >= 0.3 is 0 Å². The molecule has 2 rings (SSSR count). The maximum atomic E-state index is 13.2. The van der Waals surface area contributed by atoms with Crippen LogP contribution >= 0.6 is 15.9 Å². The van der Waals surface area contributed by atoms with Crippen molar-refractivity contribution in [2.75, 3.05) is 0 Å². The van der Waals surface area contributed by atoms with E-state index in [-0.39, 0.29) is 4.83 Å². The Labute approximate surface area is 117 Å². The third-order valence-corrected chi connectivity index (χ3v) is 3.71. The van der Waals surface area contributed by atoms with Crippen LogP contribution in [0, 0.1) is 24.4 Å². The zero-order valence-electron chi connectivity index (χ0n) is 10.1. The van der Waals surface area contributed by atoms with Crippen molar-refractivity contribution >= 4 is 15.9 Å². The number of aryl methyl sites for hydroxylation is 1. The van der Waals surface area contributed by atoms with Crippen LogP contribution in [0.2, 0.25) is 0 Å². The van der Waals surface area contributed by atoms with Gasteiger partial charge in [0.15, 0.2) is 17.5 Å². The number of pyridine rings is 1. The van der Waals surface area contributed by atoms with E-state index in [1.807, 2.05) is 19.1 Å². The third-order valence-electron chi connectivity index (χ3n) is 2.86. The molecule has 1 nitrogen and oxygen atoms in total. The largest absolute Gasteiger partial charge is 0.261 e. The standard InChI is InChI=1S/C14H11BrF3N/c1-8-3-2-4-19-13(8)7-10(15)9-5-11(16)14(18)12(17)6-9/h2-6,10H,7H2,1H3. The highest BCUT2D eigenvalue weighted by Crippen LogP contribution is 2.29. The van der Waals surface area contributed by atoms with Crippen molar-refractivity contribution < 1.29 is 13.2 Å². The van der Waals surface area contributed by atoms with Crippen molar-refractivity contribution in [3.05, 3.63) is 64.7 Å². The van der Waals surface area contributed by atoms with Crippen molar-refractivity contribution in [1.82, 2.24) is 4.98 Å². The summed E-state index contributed by atoms with van der Waals surface area (Å²) in [6.45, 7) is 1.91. The second-order valence-electron chi connectivity index (χ2n) is 4.24.